The summed E-state index contributed by atoms with van der Waals surface area (Å²) < 4.78 is 6.38. The molecule has 27 heavy (non-hydrogen) atoms. The third-order valence-electron chi connectivity index (χ3n) is 3.20. The normalized spacial score (nSPS) is 11.1. The number of carbonyl (C=O) groups is 1. The lowest BCUT2D eigenvalue weighted by molar-refractivity contribution is -0.112. The zero-order chi connectivity index (χ0) is 19.2. The summed E-state index contributed by atoms with van der Waals surface area (Å²) in [5, 5.41) is 13.0. The third-order valence-corrected chi connectivity index (χ3v) is 4.92. The van der Waals surface area contributed by atoms with Gasteiger partial charge in [-0.2, -0.15) is 5.26 Å². The fraction of sp³-hybridized carbons (Fsp3) is 0.0556. The van der Waals surface area contributed by atoms with Gasteiger partial charge in [-0.25, -0.2) is 9.97 Å². The SMILES string of the molecule is Cc1ccnc(Sc2oc(/C=C(\C#N)C(=O)Nc3cccnc3)cc2Br)n1. The van der Waals surface area contributed by atoms with E-state index in [2.05, 4.69) is 36.2 Å². The maximum absolute atomic E-state index is 12.3. The van der Waals surface area contributed by atoms with Gasteiger partial charge in [-0.15, -0.1) is 0 Å². The van der Waals surface area contributed by atoms with Crippen LogP contribution in [0, 0.1) is 18.3 Å². The maximum atomic E-state index is 12.3. The largest absolute Gasteiger partial charge is 0.449 e. The average Bonchev–Trinajstić information content (AvgIpc) is 2.99. The number of pyridine rings is 1. The number of hydrogen-bond donors (Lipinski definition) is 1. The number of halogens is 1. The summed E-state index contributed by atoms with van der Waals surface area (Å²) in [5.74, 6) is -0.191. The molecule has 7 nitrogen and oxygen atoms in total. The van der Waals surface area contributed by atoms with Crippen LogP contribution in [0.25, 0.3) is 6.08 Å². The average molecular weight is 442 g/mol. The highest BCUT2D eigenvalue weighted by Gasteiger charge is 2.15. The summed E-state index contributed by atoms with van der Waals surface area (Å²) in [6, 6.07) is 8.72. The predicted molar refractivity (Wildman–Crippen MR) is 104 cm³/mol. The molecule has 9 heteroatoms. The van der Waals surface area contributed by atoms with Crippen molar-refractivity contribution in [2.45, 2.75) is 17.2 Å². The predicted octanol–water partition coefficient (Wildman–Crippen LogP) is 4.23. The van der Waals surface area contributed by atoms with E-state index < -0.39 is 5.91 Å². The van der Waals surface area contributed by atoms with E-state index in [9.17, 15) is 10.1 Å². The van der Waals surface area contributed by atoms with E-state index in [0.29, 0.717) is 26.2 Å². The molecule has 0 radical (unpaired) electrons. The summed E-state index contributed by atoms with van der Waals surface area (Å²) in [5.41, 5.74) is 1.25. The van der Waals surface area contributed by atoms with Crippen molar-refractivity contribution in [1.82, 2.24) is 15.0 Å². The first-order valence-electron chi connectivity index (χ1n) is 7.65. The van der Waals surface area contributed by atoms with E-state index in [4.69, 9.17) is 4.42 Å². The van der Waals surface area contributed by atoms with Crippen LogP contribution in [0.4, 0.5) is 5.69 Å². The quantitative estimate of drug-likeness (QED) is 0.358. The second-order valence-corrected chi connectivity index (χ2v) is 7.03. The molecule has 0 aliphatic carbocycles. The van der Waals surface area contributed by atoms with Crippen LogP contribution in [-0.2, 0) is 4.79 Å². The zero-order valence-corrected chi connectivity index (χ0v) is 16.4. The van der Waals surface area contributed by atoms with Crippen LogP contribution in [0.15, 0.2) is 67.6 Å². The summed E-state index contributed by atoms with van der Waals surface area (Å²) in [6.45, 7) is 1.87. The summed E-state index contributed by atoms with van der Waals surface area (Å²) in [6.07, 6.45) is 6.12. The van der Waals surface area contributed by atoms with Gasteiger partial charge in [0, 0.05) is 24.2 Å². The van der Waals surface area contributed by atoms with Gasteiger partial charge in [0.15, 0.2) is 10.2 Å². The molecule has 0 saturated heterocycles. The van der Waals surface area contributed by atoms with E-state index >= 15 is 0 Å². The van der Waals surface area contributed by atoms with Crippen molar-refractivity contribution < 1.29 is 9.21 Å². The van der Waals surface area contributed by atoms with E-state index in [-0.39, 0.29) is 5.57 Å². The number of nitriles is 1. The minimum absolute atomic E-state index is 0.0940. The Morgan fingerprint density at radius 3 is 2.96 bits per heavy atom. The molecule has 0 aliphatic heterocycles. The highest BCUT2D eigenvalue weighted by atomic mass is 79.9. The molecular formula is C18H12BrN5O2S. The smallest absolute Gasteiger partial charge is 0.266 e. The monoisotopic (exact) mass is 441 g/mol. The Morgan fingerprint density at radius 1 is 1.41 bits per heavy atom. The van der Waals surface area contributed by atoms with E-state index in [1.165, 1.54) is 24.0 Å². The second-order valence-electron chi connectivity index (χ2n) is 5.23. The molecule has 3 rings (SSSR count). The Kier molecular flexibility index (Phi) is 6.01. The third kappa shape index (κ3) is 5.03. The number of furan rings is 1. The number of nitrogens with one attached hydrogen (secondary N) is 1. The van der Waals surface area contributed by atoms with Gasteiger partial charge in [-0.3, -0.25) is 9.78 Å². The Labute approximate surface area is 167 Å². The molecule has 3 aromatic rings. The highest BCUT2D eigenvalue weighted by Crippen LogP contribution is 2.35. The Morgan fingerprint density at radius 2 is 2.26 bits per heavy atom. The molecule has 0 fully saturated rings. The van der Waals surface area contributed by atoms with Crippen molar-refractivity contribution in [2.24, 2.45) is 0 Å². The number of carbonyl (C=O) groups excluding carboxylic acids is 1. The molecule has 134 valence electrons. The number of hydrogen-bond acceptors (Lipinski definition) is 7. The molecule has 0 bridgehead atoms. The Hall–Kier alpha value is -2.96. The first-order chi connectivity index (χ1) is 13.0. The van der Waals surface area contributed by atoms with Gasteiger partial charge in [0.25, 0.3) is 5.91 Å². The molecular weight excluding hydrogens is 430 g/mol. The lowest BCUT2D eigenvalue weighted by Gasteiger charge is -2.02. The zero-order valence-electron chi connectivity index (χ0n) is 14.0. The Bertz CT molecular complexity index is 1040. The van der Waals surface area contributed by atoms with E-state index in [0.717, 1.165) is 5.69 Å². The number of nitrogens with zero attached hydrogens (tertiary/aromatic N) is 4. The first kappa shape index (κ1) is 18.8. The van der Waals surface area contributed by atoms with E-state index in [1.807, 2.05) is 13.0 Å². The van der Waals surface area contributed by atoms with Crippen LogP contribution in [0.3, 0.4) is 0 Å². The van der Waals surface area contributed by atoms with Gasteiger partial charge in [0.1, 0.15) is 17.4 Å². The van der Waals surface area contributed by atoms with Gasteiger partial charge < -0.3 is 9.73 Å². The molecule has 3 heterocycles. The van der Waals surface area contributed by atoms with Crippen molar-refractivity contribution in [3.05, 3.63) is 64.4 Å². The number of anilines is 1. The van der Waals surface area contributed by atoms with Crippen molar-refractivity contribution in [1.29, 1.82) is 5.26 Å². The first-order valence-corrected chi connectivity index (χ1v) is 9.26. The summed E-state index contributed by atoms with van der Waals surface area (Å²) >= 11 is 4.64. The van der Waals surface area contributed by atoms with Crippen molar-refractivity contribution in [2.75, 3.05) is 5.32 Å². The van der Waals surface area contributed by atoms with Crippen LogP contribution in [-0.4, -0.2) is 20.9 Å². The van der Waals surface area contributed by atoms with Crippen molar-refractivity contribution in [3.8, 4) is 6.07 Å². The van der Waals surface area contributed by atoms with Crippen LogP contribution in [0.1, 0.15) is 11.5 Å². The van der Waals surface area contributed by atoms with Crippen LogP contribution < -0.4 is 5.32 Å². The van der Waals surface area contributed by atoms with Crippen LogP contribution >= 0.6 is 27.7 Å². The minimum atomic E-state index is -0.547. The topological polar surface area (TPSA) is 105 Å². The molecule has 3 aromatic heterocycles. The molecule has 0 aromatic carbocycles. The lowest BCUT2D eigenvalue weighted by atomic mass is 10.2. The molecule has 0 atom stereocenters. The molecule has 1 amide bonds. The standard InChI is InChI=1S/C18H12BrN5O2S/c1-11-4-6-22-18(23-11)27-17-15(19)8-14(26-17)7-12(9-20)16(25)24-13-3-2-5-21-10-13/h2-8,10H,1H3,(H,24,25)/b12-7+. The van der Waals surface area contributed by atoms with Gasteiger partial charge in [0.2, 0.25) is 0 Å². The molecule has 0 aliphatic rings. The number of amides is 1. The van der Waals surface area contributed by atoms with Crippen molar-refractivity contribution in [3.63, 3.8) is 0 Å². The van der Waals surface area contributed by atoms with Crippen LogP contribution in [0.2, 0.25) is 0 Å². The maximum Gasteiger partial charge on any atom is 0.266 e. The van der Waals surface area contributed by atoms with Crippen molar-refractivity contribution >= 4 is 45.4 Å². The summed E-state index contributed by atoms with van der Waals surface area (Å²) in [7, 11) is 0. The Balaban J connectivity index is 1.79. The van der Waals surface area contributed by atoms with Gasteiger partial charge in [0.05, 0.1) is 16.4 Å². The number of rotatable bonds is 5. The van der Waals surface area contributed by atoms with Gasteiger partial charge >= 0.3 is 0 Å². The second kappa shape index (κ2) is 8.62. The fourth-order valence-electron chi connectivity index (χ4n) is 1.99. The van der Waals surface area contributed by atoms with Crippen LogP contribution in [0.5, 0.6) is 0 Å². The summed E-state index contributed by atoms with van der Waals surface area (Å²) in [4.78, 5) is 24.6. The van der Waals surface area contributed by atoms with Gasteiger partial charge in [-0.1, -0.05) is 0 Å². The minimum Gasteiger partial charge on any atom is -0.449 e. The molecule has 0 spiro atoms. The molecule has 0 saturated carbocycles. The molecule has 1 N–H and O–H groups in total. The fourth-order valence-corrected chi connectivity index (χ4v) is 3.31. The lowest BCUT2D eigenvalue weighted by Crippen LogP contribution is -2.13. The number of aryl methyl sites for hydroxylation is 1. The molecule has 0 unspecified atom stereocenters. The van der Waals surface area contributed by atoms with Gasteiger partial charge in [-0.05, 0) is 58.9 Å². The number of aromatic nitrogens is 3. The highest BCUT2D eigenvalue weighted by molar-refractivity contribution is 9.10. The van der Waals surface area contributed by atoms with E-state index in [1.54, 1.807) is 36.7 Å².